The van der Waals surface area contributed by atoms with Crippen molar-refractivity contribution in [1.82, 2.24) is 5.32 Å². The van der Waals surface area contributed by atoms with Crippen LogP contribution in [0.4, 0.5) is 0 Å². The number of hydrogen-bond donors (Lipinski definition) is 2. The van der Waals surface area contributed by atoms with E-state index in [0.29, 0.717) is 18.4 Å². The van der Waals surface area contributed by atoms with Crippen molar-refractivity contribution >= 4 is 11.8 Å². The third-order valence-electron chi connectivity index (χ3n) is 2.42. The summed E-state index contributed by atoms with van der Waals surface area (Å²) in [5, 5.41) is 2.88. The molecule has 0 aliphatic carbocycles. The van der Waals surface area contributed by atoms with Crippen molar-refractivity contribution in [1.29, 1.82) is 0 Å². The number of rotatable bonds is 4. The lowest BCUT2D eigenvalue weighted by atomic mass is 10.0. The van der Waals surface area contributed by atoms with E-state index in [1.165, 1.54) is 0 Å². The van der Waals surface area contributed by atoms with Gasteiger partial charge in [0.05, 0.1) is 0 Å². The van der Waals surface area contributed by atoms with Crippen LogP contribution in [0.5, 0.6) is 0 Å². The van der Waals surface area contributed by atoms with Crippen LogP contribution in [0.3, 0.4) is 0 Å². The Hall–Kier alpha value is -1.84. The van der Waals surface area contributed by atoms with Crippen LogP contribution in [-0.2, 0) is 11.2 Å². The van der Waals surface area contributed by atoms with E-state index in [-0.39, 0.29) is 11.4 Å². The van der Waals surface area contributed by atoms with E-state index >= 15 is 0 Å². The molecule has 0 saturated heterocycles. The van der Waals surface area contributed by atoms with Gasteiger partial charge in [-0.05, 0) is 38.8 Å². The molecule has 1 rings (SSSR count). The Kier molecular flexibility index (Phi) is 4.48. The van der Waals surface area contributed by atoms with Crippen molar-refractivity contribution in [3.8, 4) is 0 Å². The highest BCUT2D eigenvalue weighted by Crippen LogP contribution is 2.11. The van der Waals surface area contributed by atoms with E-state index in [0.717, 1.165) is 5.56 Å². The zero-order valence-corrected chi connectivity index (χ0v) is 11.1. The highest BCUT2D eigenvalue weighted by molar-refractivity contribution is 5.94. The highest BCUT2D eigenvalue weighted by atomic mass is 16.2. The van der Waals surface area contributed by atoms with E-state index in [2.05, 4.69) is 5.32 Å². The highest BCUT2D eigenvalue weighted by Gasteiger charge is 2.14. The zero-order valence-electron chi connectivity index (χ0n) is 11.1. The summed E-state index contributed by atoms with van der Waals surface area (Å²) in [6.45, 7) is 5.80. The number of nitrogens with one attached hydrogen (secondary N) is 1. The van der Waals surface area contributed by atoms with Gasteiger partial charge in [-0.1, -0.05) is 18.2 Å². The lowest BCUT2D eigenvalue weighted by molar-refractivity contribution is -0.122. The summed E-state index contributed by atoms with van der Waals surface area (Å²) < 4.78 is 0. The Labute approximate surface area is 108 Å². The number of carbonyl (C=O) groups excluding carboxylic acids is 2. The number of nitrogens with two attached hydrogens (primary N) is 1. The Morgan fingerprint density at radius 1 is 1.22 bits per heavy atom. The summed E-state index contributed by atoms with van der Waals surface area (Å²) in [7, 11) is 0. The normalized spacial score (nSPS) is 11.1. The lowest BCUT2D eigenvalue weighted by Gasteiger charge is -2.20. The van der Waals surface area contributed by atoms with Crippen molar-refractivity contribution in [2.24, 2.45) is 5.73 Å². The first kappa shape index (κ1) is 14.2. The second-order valence-electron chi connectivity index (χ2n) is 5.32. The molecule has 1 aromatic carbocycles. The van der Waals surface area contributed by atoms with E-state index in [1.807, 2.05) is 32.9 Å². The quantitative estimate of drug-likeness (QED) is 0.850. The average Bonchev–Trinajstić information content (AvgIpc) is 2.24. The molecule has 1 aromatic rings. The van der Waals surface area contributed by atoms with E-state index < -0.39 is 5.91 Å². The summed E-state index contributed by atoms with van der Waals surface area (Å²) in [6, 6.07) is 7.10. The summed E-state index contributed by atoms with van der Waals surface area (Å²) >= 11 is 0. The van der Waals surface area contributed by atoms with Crippen molar-refractivity contribution in [3.05, 3.63) is 35.4 Å². The standard InChI is InChI=1S/C14H20N2O2/c1-14(2,3)16-12(17)9-8-10-6-4-5-7-11(10)13(15)18/h4-7H,8-9H2,1-3H3,(H2,15,18)(H,16,17). The molecule has 4 heteroatoms. The maximum Gasteiger partial charge on any atom is 0.248 e. The molecule has 98 valence electrons. The Morgan fingerprint density at radius 3 is 2.39 bits per heavy atom. The van der Waals surface area contributed by atoms with E-state index in [9.17, 15) is 9.59 Å². The van der Waals surface area contributed by atoms with Crippen LogP contribution in [0.15, 0.2) is 24.3 Å². The molecule has 0 saturated carbocycles. The minimum Gasteiger partial charge on any atom is -0.366 e. The summed E-state index contributed by atoms with van der Waals surface area (Å²) in [6.07, 6.45) is 0.864. The number of amides is 2. The molecule has 4 nitrogen and oxygen atoms in total. The second kappa shape index (κ2) is 5.67. The molecule has 0 spiro atoms. The molecular weight excluding hydrogens is 228 g/mol. The van der Waals surface area contributed by atoms with Crippen LogP contribution < -0.4 is 11.1 Å². The van der Waals surface area contributed by atoms with E-state index in [4.69, 9.17) is 5.73 Å². The van der Waals surface area contributed by atoms with Gasteiger partial charge in [-0.3, -0.25) is 9.59 Å². The molecule has 0 radical (unpaired) electrons. The van der Waals surface area contributed by atoms with Gasteiger partial charge in [-0.2, -0.15) is 0 Å². The fraction of sp³-hybridized carbons (Fsp3) is 0.429. The van der Waals surface area contributed by atoms with Crippen LogP contribution in [-0.4, -0.2) is 17.4 Å². The fourth-order valence-corrected chi connectivity index (χ4v) is 1.71. The minimum atomic E-state index is -0.457. The minimum absolute atomic E-state index is 0.0261. The Balaban J connectivity index is 2.64. The van der Waals surface area contributed by atoms with Crippen LogP contribution in [0.25, 0.3) is 0 Å². The first-order valence-corrected chi connectivity index (χ1v) is 5.98. The molecule has 0 aromatic heterocycles. The number of hydrogen-bond acceptors (Lipinski definition) is 2. The Morgan fingerprint density at radius 2 is 1.83 bits per heavy atom. The maximum absolute atomic E-state index is 11.7. The first-order chi connectivity index (χ1) is 8.29. The third kappa shape index (κ3) is 4.57. The number of primary amides is 1. The lowest BCUT2D eigenvalue weighted by Crippen LogP contribution is -2.40. The molecular formula is C14H20N2O2. The second-order valence-corrected chi connectivity index (χ2v) is 5.32. The van der Waals surface area contributed by atoms with Crippen molar-refractivity contribution in [2.45, 2.75) is 39.2 Å². The number of aryl methyl sites for hydroxylation is 1. The number of benzene rings is 1. The van der Waals surface area contributed by atoms with Crippen LogP contribution >= 0.6 is 0 Å². The largest absolute Gasteiger partial charge is 0.366 e. The molecule has 0 bridgehead atoms. The van der Waals surface area contributed by atoms with Crippen LogP contribution in [0, 0.1) is 0 Å². The zero-order chi connectivity index (χ0) is 13.8. The van der Waals surface area contributed by atoms with Crippen molar-refractivity contribution in [2.75, 3.05) is 0 Å². The topological polar surface area (TPSA) is 72.2 Å². The van der Waals surface area contributed by atoms with Gasteiger partial charge in [0.15, 0.2) is 0 Å². The van der Waals surface area contributed by atoms with Crippen molar-refractivity contribution in [3.63, 3.8) is 0 Å². The molecule has 0 atom stereocenters. The van der Waals surface area contributed by atoms with E-state index in [1.54, 1.807) is 12.1 Å². The smallest absolute Gasteiger partial charge is 0.248 e. The predicted octanol–water partition coefficient (Wildman–Crippen LogP) is 1.63. The van der Waals surface area contributed by atoms with Gasteiger partial charge in [-0.15, -0.1) is 0 Å². The number of carbonyl (C=O) groups is 2. The molecule has 3 N–H and O–H groups in total. The summed E-state index contributed by atoms with van der Waals surface area (Å²) in [5.74, 6) is -0.483. The Bertz CT molecular complexity index is 447. The van der Waals surface area contributed by atoms with Gasteiger partial charge in [0.1, 0.15) is 0 Å². The van der Waals surface area contributed by atoms with Gasteiger partial charge >= 0.3 is 0 Å². The van der Waals surface area contributed by atoms with Crippen LogP contribution in [0.1, 0.15) is 43.1 Å². The van der Waals surface area contributed by atoms with Gasteiger partial charge < -0.3 is 11.1 Å². The summed E-state index contributed by atoms with van der Waals surface area (Å²) in [4.78, 5) is 22.9. The molecule has 0 heterocycles. The fourth-order valence-electron chi connectivity index (χ4n) is 1.71. The SMILES string of the molecule is CC(C)(C)NC(=O)CCc1ccccc1C(N)=O. The first-order valence-electron chi connectivity index (χ1n) is 5.98. The van der Waals surface area contributed by atoms with Gasteiger partial charge in [0, 0.05) is 17.5 Å². The van der Waals surface area contributed by atoms with Gasteiger partial charge in [-0.25, -0.2) is 0 Å². The monoisotopic (exact) mass is 248 g/mol. The van der Waals surface area contributed by atoms with Gasteiger partial charge in [0.2, 0.25) is 11.8 Å². The molecule has 0 fully saturated rings. The molecule has 0 unspecified atom stereocenters. The van der Waals surface area contributed by atoms with Gasteiger partial charge in [0.25, 0.3) is 0 Å². The molecule has 18 heavy (non-hydrogen) atoms. The predicted molar refractivity (Wildman–Crippen MR) is 71.2 cm³/mol. The molecule has 2 amide bonds. The maximum atomic E-state index is 11.7. The molecule has 0 aliphatic heterocycles. The third-order valence-corrected chi connectivity index (χ3v) is 2.42. The van der Waals surface area contributed by atoms with Crippen LogP contribution in [0.2, 0.25) is 0 Å². The molecule has 0 aliphatic rings. The van der Waals surface area contributed by atoms with Crippen molar-refractivity contribution < 1.29 is 9.59 Å². The average molecular weight is 248 g/mol. The summed E-state index contributed by atoms with van der Waals surface area (Å²) in [5.41, 5.74) is 6.35.